The standard InChI is InChI=1S/C18H13F4N3O2/c19-13-7-3-1-5-11(13)10-24-16(26)9-15(23)25(17(24)27)14-8-4-2-6-12(14)18(20,21)22/h1-9H,10,23H2. The summed E-state index contributed by atoms with van der Waals surface area (Å²) in [6, 6.07) is 10.6. The highest BCUT2D eigenvalue weighted by molar-refractivity contribution is 5.48. The predicted molar refractivity (Wildman–Crippen MR) is 91.2 cm³/mol. The van der Waals surface area contributed by atoms with Crippen LogP contribution < -0.4 is 17.0 Å². The van der Waals surface area contributed by atoms with Crippen LogP contribution in [0.4, 0.5) is 23.4 Å². The van der Waals surface area contributed by atoms with Gasteiger partial charge in [0.05, 0.1) is 17.8 Å². The molecule has 2 aromatic carbocycles. The van der Waals surface area contributed by atoms with E-state index < -0.39 is 46.9 Å². The van der Waals surface area contributed by atoms with Crippen molar-refractivity contribution in [2.75, 3.05) is 5.73 Å². The Morgan fingerprint density at radius 1 is 0.963 bits per heavy atom. The molecular weight excluding hydrogens is 366 g/mol. The van der Waals surface area contributed by atoms with Crippen molar-refractivity contribution in [3.63, 3.8) is 0 Å². The van der Waals surface area contributed by atoms with Crippen LogP contribution >= 0.6 is 0 Å². The third-order valence-corrected chi connectivity index (χ3v) is 3.95. The van der Waals surface area contributed by atoms with Gasteiger partial charge < -0.3 is 5.73 Å². The zero-order chi connectivity index (χ0) is 19.8. The molecular formula is C18H13F4N3O2. The molecule has 3 aromatic rings. The predicted octanol–water partition coefficient (Wildman–Crippen LogP) is 2.79. The molecule has 0 aliphatic heterocycles. The summed E-state index contributed by atoms with van der Waals surface area (Å²) in [5.74, 6) is -1.10. The Morgan fingerprint density at radius 3 is 2.26 bits per heavy atom. The maximum atomic E-state index is 13.9. The lowest BCUT2D eigenvalue weighted by molar-refractivity contribution is -0.137. The highest BCUT2D eigenvalue weighted by atomic mass is 19.4. The lowest BCUT2D eigenvalue weighted by Gasteiger charge is -2.17. The fourth-order valence-electron chi connectivity index (χ4n) is 2.69. The largest absolute Gasteiger partial charge is 0.418 e. The monoisotopic (exact) mass is 379 g/mol. The molecule has 0 saturated heterocycles. The number of aromatic nitrogens is 2. The lowest BCUT2D eigenvalue weighted by Crippen LogP contribution is -2.40. The first-order valence-electron chi connectivity index (χ1n) is 7.72. The van der Waals surface area contributed by atoms with Gasteiger partial charge in [0, 0.05) is 11.6 Å². The third-order valence-electron chi connectivity index (χ3n) is 3.95. The first-order chi connectivity index (χ1) is 12.7. The molecule has 3 rings (SSSR count). The van der Waals surface area contributed by atoms with E-state index in [1.54, 1.807) is 0 Å². The summed E-state index contributed by atoms with van der Waals surface area (Å²) in [6.07, 6.45) is -4.74. The normalized spacial score (nSPS) is 11.6. The lowest BCUT2D eigenvalue weighted by atomic mass is 10.1. The fraction of sp³-hybridized carbons (Fsp3) is 0.111. The Bertz CT molecular complexity index is 1120. The van der Waals surface area contributed by atoms with E-state index in [1.807, 2.05) is 0 Å². The summed E-state index contributed by atoms with van der Waals surface area (Å²) in [5, 5.41) is 0. The van der Waals surface area contributed by atoms with Crippen molar-refractivity contribution in [2.45, 2.75) is 12.7 Å². The van der Waals surface area contributed by atoms with Crippen LogP contribution in [0.25, 0.3) is 5.69 Å². The van der Waals surface area contributed by atoms with E-state index in [1.165, 1.54) is 30.3 Å². The van der Waals surface area contributed by atoms with Crippen LogP contribution in [-0.4, -0.2) is 9.13 Å². The van der Waals surface area contributed by atoms with Crippen molar-refractivity contribution in [3.8, 4) is 5.69 Å². The zero-order valence-corrected chi connectivity index (χ0v) is 13.7. The van der Waals surface area contributed by atoms with Gasteiger partial charge in [-0.05, 0) is 18.2 Å². The van der Waals surface area contributed by atoms with Gasteiger partial charge in [0.25, 0.3) is 5.56 Å². The van der Waals surface area contributed by atoms with Crippen molar-refractivity contribution in [1.29, 1.82) is 0 Å². The molecule has 0 fully saturated rings. The molecule has 1 aromatic heterocycles. The van der Waals surface area contributed by atoms with Crippen molar-refractivity contribution >= 4 is 5.82 Å². The van der Waals surface area contributed by atoms with Crippen LogP contribution in [0.1, 0.15) is 11.1 Å². The average molecular weight is 379 g/mol. The molecule has 2 N–H and O–H groups in total. The summed E-state index contributed by atoms with van der Waals surface area (Å²) in [4.78, 5) is 24.9. The van der Waals surface area contributed by atoms with Crippen LogP contribution in [0.15, 0.2) is 64.2 Å². The second-order valence-corrected chi connectivity index (χ2v) is 5.72. The van der Waals surface area contributed by atoms with Gasteiger partial charge in [-0.25, -0.2) is 13.8 Å². The molecule has 1 heterocycles. The van der Waals surface area contributed by atoms with Gasteiger partial charge in [-0.3, -0.25) is 9.36 Å². The molecule has 140 valence electrons. The number of rotatable bonds is 3. The molecule has 0 unspecified atom stereocenters. The summed E-state index contributed by atoms with van der Waals surface area (Å²) >= 11 is 0. The number of hydrogen-bond donors (Lipinski definition) is 1. The highest BCUT2D eigenvalue weighted by Gasteiger charge is 2.34. The minimum Gasteiger partial charge on any atom is -0.385 e. The summed E-state index contributed by atoms with van der Waals surface area (Å²) < 4.78 is 55.0. The number of nitrogen functional groups attached to an aromatic ring is 1. The Balaban J connectivity index is 2.25. The number of nitrogens with zero attached hydrogens (tertiary/aromatic N) is 2. The smallest absolute Gasteiger partial charge is 0.385 e. The molecule has 0 radical (unpaired) electrons. The van der Waals surface area contributed by atoms with Crippen LogP contribution in [0.5, 0.6) is 0 Å². The Kier molecular flexibility index (Phi) is 4.61. The van der Waals surface area contributed by atoms with Crippen molar-refractivity contribution < 1.29 is 17.6 Å². The number of hydrogen-bond acceptors (Lipinski definition) is 3. The molecule has 0 bridgehead atoms. The molecule has 0 aliphatic rings. The molecule has 0 spiro atoms. The molecule has 9 heteroatoms. The SMILES string of the molecule is Nc1cc(=O)n(Cc2ccccc2F)c(=O)n1-c1ccccc1C(F)(F)F. The Morgan fingerprint density at radius 2 is 1.59 bits per heavy atom. The third kappa shape index (κ3) is 3.48. The molecule has 5 nitrogen and oxygen atoms in total. The van der Waals surface area contributed by atoms with Crippen molar-refractivity contribution in [2.24, 2.45) is 0 Å². The van der Waals surface area contributed by atoms with Crippen molar-refractivity contribution in [3.05, 3.63) is 92.4 Å². The first kappa shape index (κ1) is 18.4. The van der Waals surface area contributed by atoms with Gasteiger partial charge in [0.2, 0.25) is 0 Å². The summed E-state index contributed by atoms with van der Waals surface area (Å²) in [6.45, 7) is -0.446. The Hall–Kier alpha value is -3.36. The first-order valence-corrected chi connectivity index (χ1v) is 7.72. The van der Waals surface area contributed by atoms with Gasteiger partial charge in [-0.2, -0.15) is 13.2 Å². The fourth-order valence-corrected chi connectivity index (χ4v) is 2.69. The van der Waals surface area contributed by atoms with E-state index in [9.17, 15) is 27.2 Å². The van der Waals surface area contributed by atoms with E-state index >= 15 is 0 Å². The molecule has 0 saturated carbocycles. The minimum absolute atomic E-state index is 0.0390. The summed E-state index contributed by atoms with van der Waals surface area (Å²) in [7, 11) is 0. The highest BCUT2D eigenvalue weighted by Crippen LogP contribution is 2.33. The second-order valence-electron chi connectivity index (χ2n) is 5.72. The van der Waals surface area contributed by atoms with E-state index in [0.29, 0.717) is 9.13 Å². The quantitative estimate of drug-likeness (QED) is 0.712. The van der Waals surface area contributed by atoms with Gasteiger partial charge in [0.1, 0.15) is 11.6 Å². The minimum atomic E-state index is -4.74. The van der Waals surface area contributed by atoms with Gasteiger partial charge in [0.15, 0.2) is 0 Å². The number of anilines is 1. The number of halogens is 4. The number of para-hydroxylation sites is 1. The van der Waals surface area contributed by atoms with E-state index in [2.05, 4.69) is 0 Å². The van der Waals surface area contributed by atoms with Crippen LogP contribution in [-0.2, 0) is 12.7 Å². The van der Waals surface area contributed by atoms with Crippen LogP contribution in [0.2, 0.25) is 0 Å². The number of alkyl halides is 3. The van der Waals surface area contributed by atoms with E-state index in [4.69, 9.17) is 5.73 Å². The van der Waals surface area contributed by atoms with Crippen LogP contribution in [0, 0.1) is 5.82 Å². The zero-order valence-electron chi connectivity index (χ0n) is 13.7. The maximum Gasteiger partial charge on any atom is 0.418 e. The van der Waals surface area contributed by atoms with Crippen molar-refractivity contribution in [1.82, 2.24) is 9.13 Å². The van der Waals surface area contributed by atoms with Crippen LogP contribution in [0.3, 0.4) is 0 Å². The number of nitrogens with two attached hydrogens (primary N) is 1. The Labute approximate surface area is 149 Å². The van der Waals surface area contributed by atoms with Gasteiger partial charge in [-0.1, -0.05) is 30.3 Å². The number of benzene rings is 2. The van der Waals surface area contributed by atoms with Gasteiger partial charge in [-0.15, -0.1) is 0 Å². The summed E-state index contributed by atoms with van der Waals surface area (Å²) in [5.41, 5.74) is 2.16. The molecule has 27 heavy (non-hydrogen) atoms. The topological polar surface area (TPSA) is 70.0 Å². The molecule has 0 atom stereocenters. The second kappa shape index (κ2) is 6.75. The average Bonchev–Trinajstić information content (AvgIpc) is 2.59. The van der Waals surface area contributed by atoms with E-state index in [0.717, 1.165) is 24.3 Å². The van der Waals surface area contributed by atoms with E-state index in [-0.39, 0.29) is 5.56 Å². The molecule has 0 aliphatic carbocycles. The maximum absolute atomic E-state index is 13.9. The van der Waals surface area contributed by atoms with Gasteiger partial charge >= 0.3 is 11.9 Å². The molecule has 0 amide bonds.